The second-order valence-corrected chi connectivity index (χ2v) is 4.08. The summed E-state index contributed by atoms with van der Waals surface area (Å²) in [5, 5.41) is 0. The molecule has 1 aromatic carbocycles. The Morgan fingerprint density at radius 2 is 2.00 bits per heavy atom. The molecule has 0 aromatic heterocycles. The highest BCUT2D eigenvalue weighted by Crippen LogP contribution is 2.28. The third-order valence-corrected chi connectivity index (χ3v) is 3.05. The van der Waals surface area contributed by atoms with E-state index in [1.807, 2.05) is 18.2 Å². The summed E-state index contributed by atoms with van der Waals surface area (Å²) in [7, 11) is 0. The van der Waals surface area contributed by atoms with Crippen molar-refractivity contribution in [1.29, 1.82) is 0 Å². The molecule has 0 radical (unpaired) electrons. The number of benzene rings is 1. The normalized spacial score (nSPS) is 32.0. The molecule has 2 rings (SSSR count). The first-order chi connectivity index (χ1) is 6.68. The SMILES string of the molecule is CC1NNC(c2cccc(N)c2)C1C. The summed E-state index contributed by atoms with van der Waals surface area (Å²) in [5.41, 5.74) is 14.4. The highest BCUT2D eigenvalue weighted by molar-refractivity contribution is 5.42. The maximum absolute atomic E-state index is 5.76. The lowest BCUT2D eigenvalue weighted by Crippen LogP contribution is -2.29. The Morgan fingerprint density at radius 1 is 1.21 bits per heavy atom. The predicted octanol–water partition coefficient (Wildman–Crippen LogP) is 1.44. The second-order valence-electron chi connectivity index (χ2n) is 4.08. The van der Waals surface area contributed by atoms with Gasteiger partial charge in [0.15, 0.2) is 0 Å². The number of nitrogens with two attached hydrogens (primary N) is 1. The van der Waals surface area contributed by atoms with E-state index in [2.05, 4.69) is 30.8 Å². The van der Waals surface area contributed by atoms with Crippen LogP contribution < -0.4 is 16.6 Å². The molecule has 0 aliphatic carbocycles. The summed E-state index contributed by atoms with van der Waals surface area (Å²) in [5.74, 6) is 0.580. The molecule has 4 N–H and O–H groups in total. The van der Waals surface area contributed by atoms with E-state index >= 15 is 0 Å². The van der Waals surface area contributed by atoms with Crippen molar-refractivity contribution in [3.05, 3.63) is 29.8 Å². The first kappa shape index (κ1) is 9.49. The first-order valence-electron chi connectivity index (χ1n) is 5.05. The average Bonchev–Trinajstić information content (AvgIpc) is 2.48. The van der Waals surface area contributed by atoms with Gasteiger partial charge in [0.1, 0.15) is 0 Å². The smallest absolute Gasteiger partial charge is 0.0504 e. The van der Waals surface area contributed by atoms with Gasteiger partial charge in [0.05, 0.1) is 6.04 Å². The highest BCUT2D eigenvalue weighted by Gasteiger charge is 2.29. The largest absolute Gasteiger partial charge is 0.399 e. The van der Waals surface area contributed by atoms with Crippen molar-refractivity contribution in [3.8, 4) is 0 Å². The second kappa shape index (κ2) is 3.59. The predicted molar refractivity (Wildman–Crippen MR) is 58.5 cm³/mol. The molecule has 1 fully saturated rings. The molecule has 1 saturated heterocycles. The lowest BCUT2D eigenvalue weighted by atomic mass is 9.92. The van der Waals surface area contributed by atoms with Crippen molar-refractivity contribution in [2.24, 2.45) is 5.92 Å². The van der Waals surface area contributed by atoms with E-state index in [1.54, 1.807) is 0 Å². The molecule has 0 saturated carbocycles. The minimum absolute atomic E-state index is 0.369. The van der Waals surface area contributed by atoms with Crippen LogP contribution in [0, 0.1) is 5.92 Å². The summed E-state index contributed by atoms with van der Waals surface area (Å²) < 4.78 is 0. The molecule has 3 atom stereocenters. The molecule has 0 bridgehead atoms. The maximum atomic E-state index is 5.76. The van der Waals surface area contributed by atoms with Crippen LogP contribution >= 0.6 is 0 Å². The maximum Gasteiger partial charge on any atom is 0.0504 e. The first-order valence-corrected chi connectivity index (χ1v) is 5.05. The van der Waals surface area contributed by atoms with Crippen LogP contribution in [0.1, 0.15) is 25.5 Å². The van der Waals surface area contributed by atoms with Gasteiger partial charge in [-0.05, 0) is 30.5 Å². The van der Waals surface area contributed by atoms with Gasteiger partial charge < -0.3 is 5.73 Å². The molecule has 1 heterocycles. The average molecular weight is 191 g/mol. The molecule has 3 nitrogen and oxygen atoms in total. The van der Waals surface area contributed by atoms with Gasteiger partial charge in [-0.1, -0.05) is 19.1 Å². The molecule has 3 unspecified atom stereocenters. The number of hydrazine groups is 1. The van der Waals surface area contributed by atoms with Crippen LogP contribution in [0.15, 0.2) is 24.3 Å². The zero-order chi connectivity index (χ0) is 10.1. The molecule has 3 heteroatoms. The van der Waals surface area contributed by atoms with E-state index in [0.29, 0.717) is 18.0 Å². The van der Waals surface area contributed by atoms with Gasteiger partial charge in [0.25, 0.3) is 0 Å². The molecule has 76 valence electrons. The van der Waals surface area contributed by atoms with Crippen molar-refractivity contribution in [2.45, 2.75) is 25.9 Å². The van der Waals surface area contributed by atoms with Crippen LogP contribution in [0.2, 0.25) is 0 Å². The number of hydrogen-bond acceptors (Lipinski definition) is 3. The van der Waals surface area contributed by atoms with E-state index in [9.17, 15) is 0 Å². The summed E-state index contributed by atoms with van der Waals surface area (Å²) >= 11 is 0. The third-order valence-electron chi connectivity index (χ3n) is 3.05. The van der Waals surface area contributed by atoms with Gasteiger partial charge in [-0.2, -0.15) is 0 Å². The topological polar surface area (TPSA) is 50.1 Å². The van der Waals surface area contributed by atoms with Gasteiger partial charge in [-0.3, -0.25) is 5.43 Å². The van der Waals surface area contributed by atoms with E-state index in [4.69, 9.17) is 5.73 Å². The van der Waals surface area contributed by atoms with Crippen molar-refractivity contribution in [2.75, 3.05) is 5.73 Å². The van der Waals surface area contributed by atoms with Gasteiger partial charge >= 0.3 is 0 Å². The summed E-state index contributed by atoms with van der Waals surface area (Å²) in [6, 6.07) is 8.94. The van der Waals surface area contributed by atoms with Crippen LogP contribution in [0.3, 0.4) is 0 Å². The lowest BCUT2D eigenvalue weighted by Gasteiger charge is -2.16. The van der Waals surface area contributed by atoms with Gasteiger partial charge in [0.2, 0.25) is 0 Å². The fourth-order valence-electron chi connectivity index (χ4n) is 1.91. The minimum Gasteiger partial charge on any atom is -0.399 e. The zero-order valence-electron chi connectivity index (χ0n) is 8.62. The van der Waals surface area contributed by atoms with E-state index in [1.165, 1.54) is 5.56 Å². The van der Waals surface area contributed by atoms with E-state index < -0.39 is 0 Å². The highest BCUT2D eigenvalue weighted by atomic mass is 15.4. The fourth-order valence-corrected chi connectivity index (χ4v) is 1.91. The number of anilines is 1. The van der Waals surface area contributed by atoms with Gasteiger partial charge in [-0.25, -0.2) is 5.43 Å². The summed E-state index contributed by atoms with van der Waals surface area (Å²) in [4.78, 5) is 0. The van der Waals surface area contributed by atoms with Crippen LogP contribution in [0.5, 0.6) is 0 Å². The Morgan fingerprint density at radius 3 is 2.57 bits per heavy atom. The van der Waals surface area contributed by atoms with Crippen molar-refractivity contribution in [1.82, 2.24) is 10.9 Å². The quantitative estimate of drug-likeness (QED) is 0.589. The molecule has 1 aliphatic heterocycles. The Balaban J connectivity index is 2.23. The minimum atomic E-state index is 0.369. The molecule has 0 amide bonds. The number of nitrogens with one attached hydrogen (secondary N) is 2. The lowest BCUT2D eigenvalue weighted by molar-refractivity contribution is 0.476. The number of rotatable bonds is 1. The van der Waals surface area contributed by atoms with Gasteiger partial charge in [0, 0.05) is 11.7 Å². The standard InChI is InChI=1S/C11H17N3/c1-7-8(2)13-14-11(7)9-4-3-5-10(12)6-9/h3-8,11,13-14H,12H2,1-2H3. The molecular weight excluding hydrogens is 174 g/mol. The van der Waals surface area contributed by atoms with Gasteiger partial charge in [-0.15, -0.1) is 0 Å². The Labute approximate surface area is 84.7 Å². The van der Waals surface area contributed by atoms with Crippen LogP contribution in [0.25, 0.3) is 0 Å². The third kappa shape index (κ3) is 1.61. The molecule has 14 heavy (non-hydrogen) atoms. The Bertz CT molecular complexity index is 324. The number of nitrogen functional groups attached to an aromatic ring is 1. The van der Waals surface area contributed by atoms with Crippen LogP contribution in [-0.4, -0.2) is 6.04 Å². The zero-order valence-corrected chi connectivity index (χ0v) is 8.62. The molecule has 0 spiro atoms. The molecular formula is C11H17N3. The van der Waals surface area contributed by atoms with Crippen LogP contribution in [0.4, 0.5) is 5.69 Å². The Hall–Kier alpha value is -1.06. The molecule has 1 aromatic rings. The number of hydrogen-bond donors (Lipinski definition) is 3. The van der Waals surface area contributed by atoms with E-state index in [-0.39, 0.29) is 0 Å². The summed E-state index contributed by atoms with van der Waals surface area (Å²) in [6.45, 7) is 4.43. The van der Waals surface area contributed by atoms with Crippen molar-refractivity contribution in [3.63, 3.8) is 0 Å². The molecule has 1 aliphatic rings. The van der Waals surface area contributed by atoms with Crippen LogP contribution in [-0.2, 0) is 0 Å². The van der Waals surface area contributed by atoms with E-state index in [0.717, 1.165) is 5.69 Å². The van der Waals surface area contributed by atoms with Crippen molar-refractivity contribution < 1.29 is 0 Å². The van der Waals surface area contributed by atoms with Crippen molar-refractivity contribution >= 4 is 5.69 Å². The monoisotopic (exact) mass is 191 g/mol. The fraction of sp³-hybridized carbons (Fsp3) is 0.455. The Kier molecular flexibility index (Phi) is 2.44. The summed E-state index contributed by atoms with van der Waals surface area (Å²) in [6.07, 6.45) is 0.